The molecular weight excluding hydrogens is 464 g/mol. The average molecular weight is 503 g/mol. The molecule has 8 nitrogen and oxygen atoms in total. The normalized spacial score (nSPS) is 16.1. The smallest absolute Gasteiger partial charge is 0.274 e. The highest BCUT2D eigenvalue weighted by atomic mass is 16.5. The van der Waals surface area contributed by atoms with Gasteiger partial charge in [0.2, 0.25) is 5.95 Å². The molecule has 2 aliphatic rings. The van der Waals surface area contributed by atoms with Crippen molar-refractivity contribution in [1.29, 1.82) is 0 Å². The van der Waals surface area contributed by atoms with Gasteiger partial charge in [-0.2, -0.15) is 0 Å². The molecule has 2 aliphatic heterocycles. The minimum absolute atomic E-state index is 0.274. The van der Waals surface area contributed by atoms with Gasteiger partial charge in [-0.1, -0.05) is 24.8 Å². The van der Waals surface area contributed by atoms with E-state index in [9.17, 15) is 4.79 Å². The van der Waals surface area contributed by atoms with Gasteiger partial charge in [-0.3, -0.25) is 4.79 Å². The summed E-state index contributed by atoms with van der Waals surface area (Å²) in [6, 6.07) is 6.23. The van der Waals surface area contributed by atoms with Crippen molar-refractivity contribution in [1.82, 2.24) is 25.5 Å². The van der Waals surface area contributed by atoms with Gasteiger partial charge in [-0.15, -0.1) is 0 Å². The predicted molar refractivity (Wildman–Crippen MR) is 147 cm³/mol. The van der Waals surface area contributed by atoms with Gasteiger partial charge < -0.3 is 25.2 Å². The predicted octanol–water partition coefficient (Wildman–Crippen LogP) is 3.49. The lowest BCUT2D eigenvalue weighted by molar-refractivity contribution is 0.0960. The fraction of sp³-hybridized carbons (Fsp3) is 0.414. The molecule has 1 aromatic carbocycles. The van der Waals surface area contributed by atoms with Crippen LogP contribution in [0.5, 0.6) is 0 Å². The first-order chi connectivity index (χ1) is 18.0. The van der Waals surface area contributed by atoms with E-state index in [1.165, 1.54) is 22.3 Å². The Morgan fingerprint density at radius 2 is 2.00 bits per heavy atom. The summed E-state index contributed by atoms with van der Waals surface area (Å²) in [4.78, 5) is 26.7. The van der Waals surface area contributed by atoms with Crippen molar-refractivity contribution in [3.8, 4) is 0 Å². The number of aromatic nitrogens is 2. The molecule has 0 saturated carbocycles. The number of benzene rings is 1. The molecule has 3 heterocycles. The standard InChI is InChI=1S/C29H38N6O2/c1-5-8-27(34-14-12-30-13-15-34)25(6-2)32-28(36)26-10-11-31-29(33-26)35-19-23-17-21(3)22(9-7-16-37-4)18-24(23)20-35/h5-6,8,10-11,17-18,30H,2,7,9,12-16,19-20H2,1,3-4H3,(H,32,36)/b8-5-,27-25-. The third kappa shape index (κ3) is 6.45. The van der Waals surface area contributed by atoms with Gasteiger partial charge in [0, 0.05) is 59.2 Å². The van der Waals surface area contributed by atoms with Crippen LogP contribution in [0.4, 0.5) is 5.95 Å². The lowest BCUT2D eigenvalue weighted by Crippen LogP contribution is -2.43. The molecule has 1 fully saturated rings. The van der Waals surface area contributed by atoms with E-state index >= 15 is 0 Å². The van der Waals surface area contributed by atoms with Crippen LogP contribution in [0, 0.1) is 6.92 Å². The number of piperazine rings is 1. The number of ether oxygens (including phenoxy) is 1. The van der Waals surface area contributed by atoms with Crippen molar-refractivity contribution in [2.45, 2.75) is 39.8 Å². The number of carbonyl (C=O) groups is 1. The second kappa shape index (κ2) is 12.7. The largest absolute Gasteiger partial charge is 0.385 e. The number of aryl methyl sites for hydroxylation is 2. The fourth-order valence-electron chi connectivity index (χ4n) is 4.91. The summed E-state index contributed by atoms with van der Waals surface area (Å²) in [5.41, 5.74) is 7.20. The van der Waals surface area contributed by atoms with Crippen molar-refractivity contribution in [2.75, 3.05) is 44.8 Å². The number of amides is 1. The number of fused-ring (bicyclic) bond motifs is 1. The summed E-state index contributed by atoms with van der Waals surface area (Å²) in [7, 11) is 1.74. The maximum absolute atomic E-state index is 13.2. The number of rotatable bonds is 10. The molecule has 0 bridgehead atoms. The Labute approximate surface area is 220 Å². The minimum atomic E-state index is -0.274. The number of methoxy groups -OCH3 is 1. The Hall–Kier alpha value is -3.49. The first kappa shape index (κ1) is 26.6. The highest BCUT2D eigenvalue weighted by molar-refractivity contribution is 5.94. The summed E-state index contributed by atoms with van der Waals surface area (Å²) < 4.78 is 5.21. The van der Waals surface area contributed by atoms with E-state index in [0.29, 0.717) is 17.3 Å². The van der Waals surface area contributed by atoms with E-state index in [-0.39, 0.29) is 5.91 Å². The van der Waals surface area contributed by atoms with E-state index < -0.39 is 0 Å². The van der Waals surface area contributed by atoms with Gasteiger partial charge in [0.15, 0.2) is 0 Å². The molecule has 8 heteroatoms. The summed E-state index contributed by atoms with van der Waals surface area (Å²) in [6.45, 7) is 13.9. The van der Waals surface area contributed by atoms with Crippen LogP contribution in [0.15, 0.2) is 60.6 Å². The van der Waals surface area contributed by atoms with Crippen LogP contribution in [-0.2, 0) is 24.2 Å². The summed E-state index contributed by atoms with van der Waals surface area (Å²) >= 11 is 0. The Kier molecular flexibility index (Phi) is 9.09. The second-order valence-electron chi connectivity index (χ2n) is 9.44. The average Bonchev–Trinajstić information content (AvgIpc) is 3.34. The van der Waals surface area contributed by atoms with Crippen LogP contribution in [0.2, 0.25) is 0 Å². The lowest BCUT2D eigenvalue weighted by atomic mass is 9.98. The molecular formula is C29H38N6O2. The van der Waals surface area contributed by atoms with Gasteiger partial charge in [0.25, 0.3) is 5.91 Å². The Morgan fingerprint density at radius 1 is 1.24 bits per heavy atom. The molecule has 0 spiro atoms. The third-order valence-corrected chi connectivity index (χ3v) is 6.84. The summed E-state index contributed by atoms with van der Waals surface area (Å²) in [5.74, 6) is 0.283. The van der Waals surface area contributed by atoms with E-state index in [2.05, 4.69) is 56.0 Å². The molecule has 0 unspecified atom stereocenters. The number of hydrogen-bond donors (Lipinski definition) is 2. The Morgan fingerprint density at radius 3 is 2.70 bits per heavy atom. The van der Waals surface area contributed by atoms with E-state index in [0.717, 1.165) is 64.4 Å². The van der Waals surface area contributed by atoms with Gasteiger partial charge in [0.05, 0.1) is 11.4 Å². The molecule has 1 amide bonds. The molecule has 0 radical (unpaired) electrons. The molecule has 196 valence electrons. The number of allylic oxidation sites excluding steroid dienone is 3. The van der Waals surface area contributed by atoms with Crippen LogP contribution in [0.25, 0.3) is 0 Å². The molecule has 4 rings (SSSR count). The first-order valence-electron chi connectivity index (χ1n) is 13.0. The molecule has 37 heavy (non-hydrogen) atoms. The SMILES string of the molecule is C=C/C(NC(=O)c1ccnc(N2Cc3cc(C)c(CCCOC)cc3C2)n1)=C(\C=C/C)N1CCNCC1. The monoisotopic (exact) mass is 502 g/mol. The van der Waals surface area contributed by atoms with Gasteiger partial charge >= 0.3 is 0 Å². The number of nitrogens with zero attached hydrogens (tertiary/aromatic N) is 4. The van der Waals surface area contributed by atoms with Crippen molar-refractivity contribution in [2.24, 2.45) is 0 Å². The molecule has 0 aliphatic carbocycles. The highest BCUT2D eigenvalue weighted by Gasteiger charge is 2.24. The fourth-order valence-corrected chi connectivity index (χ4v) is 4.91. The highest BCUT2D eigenvalue weighted by Crippen LogP contribution is 2.29. The lowest BCUT2D eigenvalue weighted by Gasteiger charge is -2.31. The van der Waals surface area contributed by atoms with Gasteiger partial charge in [-0.25, -0.2) is 9.97 Å². The van der Waals surface area contributed by atoms with Gasteiger partial charge in [-0.05, 0) is 67.2 Å². The van der Waals surface area contributed by atoms with Crippen LogP contribution in [0.3, 0.4) is 0 Å². The van der Waals surface area contributed by atoms with Crippen molar-refractivity contribution >= 4 is 11.9 Å². The summed E-state index contributed by atoms with van der Waals surface area (Å²) in [5, 5.41) is 6.39. The number of nitrogens with one attached hydrogen (secondary N) is 2. The molecule has 1 saturated heterocycles. The van der Waals surface area contributed by atoms with Crippen molar-refractivity contribution < 1.29 is 9.53 Å². The minimum Gasteiger partial charge on any atom is -0.385 e. The quantitative estimate of drug-likeness (QED) is 0.380. The number of hydrogen-bond acceptors (Lipinski definition) is 7. The first-order valence-corrected chi connectivity index (χ1v) is 13.0. The zero-order valence-corrected chi connectivity index (χ0v) is 22.2. The van der Waals surface area contributed by atoms with Crippen LogP contribution in [0.1, 0.15) is 46.1 Å². The maximum Gasteiger partial charge on any atom is 0.274 e. The van der Waals surface area contributed by atoms with E-state index in [4.69, 9.17) is 4.74 Å². The maximum atomic E-state index is 13.2. The van der Waals surface area contributed by atoms with Crippen LogP contribution in [-0.4, -0.2) is 60.7 Å². The Balaban J connectivity index is 1.50. The van der Waals surface area contributed by atoms with Gasteiger partial charge in [0.1, 0.15) is 5.69 Å². The van der Waals surface area contributed by atoms with E-state index in [1.807, 2.05) is 19.1 Å². The zero-order chi connectivity index (χ0) is 26.2. The van der Waals surface area contributed by atoms with Crippen molar-refractivity contribution in [3.63, 3.8) is 0 Å². The van der Waals surface area contributed by atoms with E-state index in [1.54, 1.807) is 25.4 Å². The topological polar surface area (TPSA) is 82.6 Å². The van der Waals surface area contributed by atoms with Crippen molar-refractivity contribution in [3.05, 3.63) is 88.5 Å². The summed E-state index contributed by atoms with van der Waals surface area (Å²) in [6.07, 6.45) is 9.35. The molecule has 1 aromatic heterocycles. The molecule has 2 aromatic rings. The second-order valence-corrected chi connectivity index (χ2v) is 9.44. The van der Waals surface area contributed by atoms with Crippen LogP contribution < -0.4 is 15.5 Å². The molecule has 2 N–H and O–H groups in total. The zero-order valence-electron chi connectivity index (χ0n) is 22.2. The molecule has 0 atom stereocenters. The third-order valence-electron chi connectivity index (χ3n) is 6.84. The van der Waals surface area contributed by atoms with Crippen LogP contribution >= 0.6 is 0 Å². The number of anilines is 1. The number of carbonyl (C=O) groups excluding carboxylic acids is 1. The Bertz CT molecular complexity index is 1180.